The molecule has 0 saturated heterocycles. The number of pyridine rings is 1. The number of hydrogen-bond donors (Lipinski definition) is 1. The van der Waals surface area contributed by atoms with E-state index in [4.69, 9.17) is 0 Å². The summed E-state index contributed by atoms with van der Waals surface area (Å²) >= 11 is 0. The molecule has 3 aromatic carbocycles. The normalized spacial score (nSPS) is 11.6. The van der Waals surface area contributed by atoms with Gasteiger partial charge in [0, 0.05) is 17.8 Å². The van der Waals surface area contributed by atoms with Gasteiger partial charge in [0.05, 0.1) is 17.1 Å². The molecule has 0 atom stereocenters. The Morgan fingerprint density at radius 3 is 1.76 bits per heavy atom. The summed E-state index contributed by atoms with van der Waals surface area (Å²) in [7, 11) is 1.50. The molecule has 7 heteroatoms. The van der Waals surface area contributed by atoms with Crippen molar-refractivity contribution in [2.75, 3.05) is 0 Å². The van der Waals surface area contributed by atoms with E-state index in [1.807, 2.05) is 30.3 Å². The third kappa shape index (κ3) is 3.79. The fraction of sp³-hybridized carbons (Fsp3) is 0.0455. The molecule has 0 amide bonds. The standard InChI is InChI=1S/C22H17N5O2/c1-27-21(28)19-10-6-5-9-18(19)20(22(27)29)26-25-17-13-11-16(12-14-17)24-23-15-7-3-2-4-8-15/h2-14,28H,1H3. The molecule has 0 fully saturated rings. The number of rotatable bonds is 4. The first-order chi connectivity index (χ1) is 14.1. The Bertz CT molecular complexity index is 1280. The molecule has 0 aliphatic heterocycles. The quantitative estimate of drug-likeness (QED) is 0.433. The van der Waals surface area contributed by atoms with Gasteiger partial charge >= 0.3 is 0 Å². The molecule has 0 spiro atoms. The molecule has 0 bridgehead atoms. The Kier molecular flexibility index (Phi) is 4.94. The molecular formula is C22H17N5O2. The second kappa shape index (κ2) is 7.85. The Labute approximate surface area is 166 Å². The smallest absolute Gasteiger partial charge is 0.281 e. The predicted octanol–water partition coefficient (Wildman–Crippen LogP) is 6.07. The third-order valence-electron chi connectivity index (χ3n) is 4.40. The van der Waals surface area contributed by atoms with Crippen LogP contribution >= 0.6 is 0 Å². The van der Waals surface area contributed by atoms with E-state index < -0.39 is 5.56 Å². The van der Waals surface area contributed by atoms with E-state index in [2.05, 4.69) is 20.5 Å². The lowest BCUT2D eigenvalue weighted by Gasteiger charge is -2.08. The lowest BCUT2D eigenvalue weighted by molar-refractivity contribution is 0.431. The largest absolute Gasteiger partial charge is 0.494 e. The first kappa shape index (κ1) is 18.2. The van der Waals surface area contributed by atoms with E-state index in [9.17, 15) is 9.90 Å². The van der Waals surface area contributed by atoms with Crippen molar-refractivity contribution in [1.82, 2.24) is 4.57 Å². The van der Waals surface area contributed by atoms with Crippen molar-refractivity contribution in [1.29, 1.82) is 0 Å². The van der Waals surface area contributed by atoms with Crippen LogP contribution in [0.25, 0.3) is 10.8 Å². The van der Waals surface area contributed by atoms with Crippen molar-refractivity contribution in [2.24, 2.45) is 27.5 Å². The van der Waals surface area contributed by atoms with E-state index in [1.54, 1.807) is 48.5 Å². The molecule has 0 aliphatic rings. The molecule has 0 unspecified atom stereocenters. The zero-order chi connectivity index (χ0) is 20.2. The molecule has 0 aliphatic carbocycles. The molecule has 0 radical (unpaired) electrons. The number of hydrogen-bond acceptors (Lipinski definition) is 6. The maximum absolute atomic E-state index is 12.5. The maximum Gasteiger partial charge on any atom is 0.281 e. The van der Waals surface area contributed by atoms with Crippen LogP contribution in [0.15, 0.2) is 104 Å². The molecule has 7 nitrogen and oxygen atoms in total. The van der Waals surface area contributed by atoms with Crippen LogP contribution in [0.5, 0.6) is 5.88 Å². The summed E-state index contributed by atoms with van der Waals surface area (Å²) in [5.41, 5.74) is 1.78. The summed E-state index contributed by atoms with van der Waals surface area (Å²) in [5.74, 6) is -0.0994. The minimum absolute atomic E-state index is 0.0994. The highest BCUT2D eigenvalue weighted by molar-refractivity contribution is 5.95. The minimum Gasteiger partial charge on any atom is -0.494 e. The summed E-state index contributed by atoms with van der Waals surface area (Å²) in [6, 6.07) is 23.5. The lowest BCUT2D eigenvalue weighted by atomic mass is 10.1. The molecule has 0 saturated carbocycles. The second-order valence-electron chi connectivity index (χ2n) is 6.33. The van der Waals surface area contributed by atoms with E-state index in [-0.39, 0.29) is 11.6 Å². The van der Waals surface area contributed by atoms with Crippen LogP contribution in [0.2, 0.25) is 0 Å². The third-order valence-corrected chi connectivity index (χ3v) is 4.40. The Morgan fingerprint density at radius 1 is 0.655 bits per heavy atom. The van der Waals surface area contributed by atoms with Crippen molar-refractivity contribution < 1.29 is 5.11 Å². The molecule has 1 N–H and O–H groups in total. The molecule has 29 heavy (non-hydrogen) atoms. The average Bonchev–Trinajstić information content (AvgIpc) is 2.77. The minimum atomic E-state index is -0.418. The van der Waals surface area contributed by atoms with E-state index >= 15 is 0 Å². The summed E-state index contributed by atoms with van der Waals surface area (Å²) < 4.78 is 1.16. The fourth-order valence-electron chi connectivity index (χ4n) is 2.84. The van der Waals surface area contributed by atoms with Crippen molar-refractivity contribution in [3.63, 3.8) is 0 Å². The summed E-state index contributed by atoms with van der Waals surface area (Å²) in [4.78, 5) is 12.5. The van der Waals surface area contributed by atoms with Crippen LogP contribution in [-0.2, 0) is 7.05 Å². The number of aromatic hydroxyl groups is 1. The van der Waals surface area contributed by atoms with Crippen molar-refractivity contribution in [3.05, 3.63) is 89.2 Å². The van der Waals surface area contributed by atoms with Crippen LogP contribution in [0.4, 0.5) is 22.7 Å². The fourth-order valence-corrected chi connectivity index (χ4v) is 2.84. The monoisotopic (exact) mass is 383 g/mol. The summed E-state index contributed by atoms with van der Waals surface area (Å²) in [6.45, 7) is 0. The van der Waals surface area contributed by atoms with Crippen LogP contribution < -0.4 is 5.56 Å². The number of fused-ring (bicyclic) bond motifs is 1. The molecule has 1 aromatic heterocycles. The van der Waals surface area contributed by atoms with Crippen molar-refractivity contribution in [2.45, 2.75) is 0 Å². The van der Waals surface area contributed by atoms with Gasteiger partial charge in [-0.3, -0.25) is 9.36 Å². The van der Waals surface area contributed by atoms with E-state index in [0.717, 1.165) is 10.3 Å². The first-order valence-electron chi connectivity index (χ1n) is 8.93. The average molecular weight is 383 g/mol. The van der Waals surface area contributed by atoms with Gasteiger partial charge in [0.2, 0.25) is 5.88 Å². The van der Waals surface area contributed by atoms with Gasteiger partial charge in [0.1, 0.15) is 0 Å². The number of azo groups is 2. The molecule has 4 aromatic rings. The highest BCUT2D eigenvalue weighted by Gasteiger charge is 2.13. The number of nitrogens with zero attached hydrogens (tertiary/aromatic N) is 5. The van der Waals surface area contributed by atoms with Gasteiger partial charge in [-0.05, 0) is 42.5 Å². The number of aromatic nitrogens is 1. The van der Waals surface area contributed by atoms with Gasteiger partial charge < -0.3 is 5.11 Å². The highest BCUT2D eigenvalue weighted by atomic mass is 16.3. The van der Waals surface area contributed by atoms with Gasteiger partial charge in [-0.15, -0.1) is 5.11 Å². The predicted molar refractivity (Wildman–Crippen MR) is 112 cm³/mol. The lowest BCUT2D eigenvalue weighted by Crippen LogP contribution is -2.16. The Morgan fingerprint density at radius 2 is 1.14 bits per heavy atom. The SMILES string of the molecule is Cn1c(O)c2ccccc2c(N=Nc2ccc(N=Nc3ccccc3)cc2)c1=O. The van der Waals surface area contributed by atoms with Crippen LogP contribution in [0.3, 0.4) is 0 Å². The number of benzene rings is 3. The van der Waals surface area contributed by atoms with Crippen LogP contribution in [0, 0.1) is 0 Å². The molecule has 142 valence electrons. The van der Waals surface area contributed by atoms with Crippen LogP contribution in [-0.4, -0.2) is 9.67 Å². The van der Waals surface area contributed by atoms with Gasteiger partial charge in [-0.1, -0.05) is 36.4 Å². The van der Waals surface area contributed by atoms with E-state index in [0.29, 0.717) is 22.1 Å². The maximum atomic E-state index is 12.5. The molecule has 1 heterocycles. The molecule has 4 rings (SSSR count). The van der Waals surface area contributed by atoms with E-state index in [1.165, 1.54) is 7.05 Å². The highest BCUT2D eigenvalue weighted by Crippen LogP contribution is 2.30. The van der Waals surface area contributed by atoms with Gasteiger partial charge in [-0.2, -0.15) is 15.3 Å². The van der Waals surface area contributed by atoms with Gasteiger partial charge in [-0.25, -0.2) is 0 Å². The van der Waals surface area contributed by atoms with Crippen molar-refractivity contribution >= 4 is 33.5 Å². The Hall–Kier alpha value is -4.13. The van der Waals surface area contributed by atoms with Crippen LogP contribution in [0.1, 0.15) is 0 Å². The topological polar surface area (TPSA) is 91.7 Å². The zero-order valence-electron chi connectivity index (χ0n) is 15.6. The first-order valence-corrected chi connectivity index (χ1v) is 8.93. The second-order valence-corrected chi connectivity index (χ2v) is 6.33. The van der Waals surface area contributed by atoms with Gasteiger partial charge in [0.15, 0.2) is 5.69 Å². The zero-order valence-corrected chi connectivity index (χ0v) is 15.6. The van der Waals surface area contributed by atoms with Crippen molar-refractivity contribution in [3.8, 4) is 5.88 Å². The summed E-state index contributed by atoms with van der Waals surface area (Å²) in [5, 5.41) is 28.0. The Balaban J connectivity index is 1.62. The summed E-state index contributed by atoms with van der Waals surface area (Å²) in [6.07, 6.45) is 0. The van der Waals surface area contributed by atoms with Gasteiger partial charge in [0.25, 0.3) is 5.56 Å². The molecular weight excluding hydrogens is 366 g/mol.